The zero-order valence-corrected chi connectivity index (χ0v) is 14.0. The first kappa shape index (κ1) is 15.7. The fraction of sp³-hybridized carbons (Fsp3) is 0.636. The van der Waals surface area contributed by atoms with Gasteiger partial charge in [0, 0.05) is 0 Å². The van der Waals surface area contributed by atoms with E-state index in [0.29, 0.717) is 11.1 Å². The summed E-state index contributed by atoms with van der Waals surface area (Å²) in [6.07, 6.45) is 0. The molecule has 2 N–H and O–H groups in total. The summed E-state index contributed by atoms with van der Waals surface area (Å²) < 4.78 is 8.51. The van der Waals surface area contributed by atoms with Gasteiger partial charge in [-0.15, -0.1) is 0 Å². The largest absolute Gasteiger partial charge is 0.459 e. The summed E-state index contributed by atoms with van der Waals surface area (Å²) in [5.41, 5.74) is 5.31. The fourth-order valence-electron chi connectivity index (χ4n) is 1.36. The summed E-state index contributed by atoms with van der Waals surface area (Å²) in [6, 6.07) is -0.722. The molecule has 1 heterocycles. The van der Waals surface area contributed by atoms with Gasteiger partial charge < -0.3 is 15.0 Å². The van der Waals surface area contributed by atoms with Crippen LogP contribution in [0, 0.1) is 6.92 Å². The summed E-state index contributed by atoms with van der Waals surface area (Å²) in [5.74, 6) is 0.353. The number of carbonyl (C=O) groups excluding carboxylic acids is 1. The molecule has 1 aromatic rings. The minimum absolute atomic E-state index is 0.319. The van der Waals surface area contributed by atoms with Gasteiger partial charge in [0.05, 0.1) is 6.54 Å². The van der Waals surface area contributed by atoms with Crippen LogP contribution >= 0.6 is 31.9 Å². The van der Waals surface area contributed by atoms with Crippen LogP contribution in [0.4, 0.5) is 0 Å². The normalized spacial score (nSPS) is 13.5. The third-order valence-electron chi connectivity index (χ3n) is 2.15. The number of aryl methyl sites for hydroxylation is 1. The van der Waals surface area contributed by atoms with Crippen molar-refractivity contribution >= 4 is 37.8 Å². The van der Waals surface area contributed by atoms with Crippen LogP contribution in [0.25, 0.3) is 0 Å². The second-order valence-electron chi connectivity index (χ2n) is 4.99. The topological polar surface area (TPSA) is 70.1 Å². The van der Waals surface area contributed by atoms with Crippen LogP contribution in [0.1, 0.15) is 26.6 Å². The Hall–Kier alpha value is -0.400. The van der Waals surface area contributed by atoms with Crippen LogP contribution in [0.5, 0.6) is 0 Å². The SMILES string of the molecule is Cc1nc(Br)c(Br)n1CC(N)C(=O)OC(C)(C)C. The maximum atomic E-state index is 11.8. The first-order chi connectivity index (χ1) is 8.11. The van der Waals surface area contributed by atoms with E-state index in [1.165, 1.54) is 0 Å². The molecule has 18 heavy (non-hydrogen) atoms. The number of halogens is 2. The van der Waals surface area contributed by atoms with Gasteiger partial charge >= 0.3 is 5.97 Å². The lowest BCUT2D eigenvalue weighted by Gasteiger charge is -2.22. The molecule has 0 amide bonds. The van der Waals surface area contributed by atoms with Gasteiger partial charge in [-0.1, -0.05) is 0 Å². The van der Waals surface area contributed by atoms with Crippen molar-refractivity contribution in [3.8, 4) is 0 Å². The van der Waals surface area contributed by atoms with Crippen molar-refractivity contribution in [3.05, 3.63) is 15.0 Å². The van der Waals surface area contributed by atoms with Gasteiger partial charge in [-0.3, -0.25) is 4.79 Å². The number of aromatic nitrogens is 2. The first-order valence-corrected chi connectivity index (χ1v) is 7.07. The summed E-state index contributed by atoms with van der Waals surface area (Å²) >= 11 is 6.69. The number of nitrogens with zero attached hydrogens (tertiary/aromatic N) is 2. The Kier molecular flexibility index (Phi) is 4.97. The highest BCUT2D eigenvalue weighted by Gasteiger charge is 2.24. The highest BCUT2D eigenvalue weighted by atomic mass is 79.9. The second kappa shape index (κ2) is 5.71. The number of rotatable bonds is 3. The maximum Gasteiger partial charge on any atom is 0.325 e. The number of carbonyl (C=O) groups is 1. The lowest BCUT2D eigenvalue weighted by Crippen LogP contribution is -2.40. The highest BCUT2D eigenvalue weighted by Crippen LogP contribution is 2.23. The molecule has 0 bridgehead atoms. The number of nitrogens with two attached hydrogens (primary N) is 1. The Morgan fingerprint density at radius 3 is 2.44 bits per heavy atom. The predicted molar refractivity (Wildman–Crippen MR) is 76.2 cm³/mol. The lowest BCUT2D eigenvalue weighted by molar-refractivity contribution is -0.156. The van der Waals surface area contributed by atoms with Gasteiger partial charge in [-0.05, 0) is 59.6 Å². The molecular weight excluding hydrogens is 366 g/mol. The Bertz CT molecular complexity index is 452. The van der Waals surface area contributed by atoms with Gasteiger partial charge in [0.15, 0.2) is 0 Å². The van der Waals surface area contributed by atoms with Crippen LogP contribution in [0.3, 0.4) is 0 Å². The molecule has 0 fully saturated rings. The molecule has 0 aliphatic heterocycles. The Labute approximate surface area is 123 Å². The van der Waals surface area contributed by atoms with E-state index in [4.69, 9.17) is 10.5 Å². The third-order valence-corrected chi connectivity index (χ3v) is 4.04. The molecule has 0 aliphatic rings. The molecule has 1 rings (SSSR count). The van der Waals surface area contributed by atoms with Crippen LogP contribution in [0.15, 0.2) is 9.21 Å². The first-order valence-electron chi connectivity index (χ1n) is 5.48. The van der Waals surface area contributed by atoms with Crippen molar-refractivity contribution in [2.24, 2.45) is 5.73 Å². The smallest absolute Gasteiger partial charge is 0.325 e. The third kappa shape index (κ3) is 4.07. The van der Waals surface area contributed by atoms with E-state index in [0.717, 1.165) is 10.4 Å². The van der Waals surface area contributed by atoms with E-state index in [1.54, 1.807) is 0 Å². The molecule has 0 aliphatic carbocycles. The molecule has 0 saturated carbocycles. The zero-order valence-electron chi connectivity index (χ0n) is 10.8. The summed E-state index contributed by atoms with van der Waals surface area (Å²) in [4.78, 5) is 16.0. The molecule has 7 heteroatoms. The van der Waals surface area contributed by atoms with Crippen LogP contribution in [-0.2, 0) is 16.1 Å². The molecule has 0 aromatic carbocycles. The molecule has 0 radical (unpaired) electrons. The monoisotopic (exact) mass is 381 g/mol. The Morgan fingerprint density at radius 2 is 2.06 bits per heavy atom. The van der Waals surface area contributed by atoms with E-state index >= 15 is 0 Å². The maximum absolute atomic E-state index is 11.8. The van der Waals surface area contributed by atoms with Gasteiger partial charge in [0.1, 0.15) is 26.7 Å². The minimum atomic E-state index is -0.722. The van der Waals surface area contributed by atoms with Gasteiger partial charge in [-0.2, -0.15) is 0 Å². The van der Waals surface area contributed by atoms with E-state index in [1.807, 2.05) is 32.3 Å². The quantitative estimate of drug-likeness (QED) is 0.814. The van der Waals surface area contributed by atoms with Crippen molar-refractivity contribution in [2.45, 2.75) is 45.9 Å². The number of hydrogen-bond donors (Lipinski definition) is 1. The van der Waals surface area contributed by atoms with Crippen molar-refractivity contribution in [3.63, 3.8) is 0 Å². The molecule has 1 aromatic heterocycles. The average Bonchev–Trinajstić information content (AvgIpc) is 2.42. The Balaban J connectivity index is 2.76. The van der Waals surface area contributed by atoms with Crippen molar-refractivity contribution in [2.75, 3.05) is 0 Å². The number of ether oxygens (including phenoxy) is 1. The summed E-state index contributed by atoms with van der Waals surface area (Å²) in [7, 11) is 0. The molecule has 1 unspecified atom stereocenters. The average molecular weight is 383 g/mol. The van der Waals surface area contributed by atoms with E-state index < -0.39 is 17.6 Å². The molecule has 102 valence electrons. The van der Waals surface area contributed by atoms with E-state index in [2.05, 4.69) is 36.8 Å². The standard InChI is InChI=1S/C11H17Br2N3O2/c1-6-15-8(12)9(13)16(6)5-7(14)10(17)18-11(2,3)4/h7H,5,14H2,1-4H3. The number of hydrogen-bond acceptors (Lipinski definition) is 4. The van der Waals surface area contributed by atoms with Crippen molar-refractivity contribution in [1.29, 1.82) is 0 Å². The molecule has 0 saturated heterocycles. The Morgan fingerprint density at radius 1 is 1.50 bits per heavy atom. The molecular formula is C11H17Br2N3O2. The van der Waals surface area contributed by atoms with Crippen LogP contribution < -0.4 is 5.73 Å². The second-order valence-corrected chi connectivity index (χ2v) is 6.49. The van der Waals surface area contributed by atoms with Gasteiger partial charge in [-0.25, -0.2) is 4.98 Å². The minimum Gasteiger partial charge on any atom is -0.459 e. The number of esters is 1. The summed E-state index contributed by atoms with van der Waals surface area (Å²) in [6.45, 7) is 7.60. The molecule has 5 nitrogen and oxygen atoms in total. The van der Waals surface area contributed by atoms with Crippen molar-refractivity contribution < 1.29 is 9.53 Å². The summed E-state index contributed by atoms with van der Waals surface area (Å²) in [5, 5.41) is 0. The van der Waals surface area contributed by atoms with Gasteiger partial charge in [0.2, 0.25) is 0 Å². The van der Waals surface area contributed by atoms with Gasteiger partial charge in [0.25, 0.3) is 0 Å². The van der Waals surface area contributed by atoms with E-state index in [-0.39, 0.29) is 0 Å². The van der Waals surface area contributed by atoms with Crippen molar-refractivity contribution in [1.82, 2.24) is 9.55 Å². The molecule has 1 atom stereocenters. The highest BCUT2D eigenvalue weighted by molar-refractivity contribution is 9.13. The fourth-order valence-corrected chi connectivity index (χ4v) is 2.32. The number of imidazole rings is 1. The zero-order chi connectivity index (χ0) is 14.1. The van der Waals surface area contributed by atoms with Crippen LogP contribution in [0.2, 0.25) is 0 Å². The van der Waals surface area contributed by atoms with E-state index in [9.17, 15) is 4.79 Å². The van der Waals surface area contributed by atoms with Crippen LogP contribution in [-0.4, -0.2) is 27.2 Å². The lowest BCUT2D eigenvalue weighted by atomic mass is 10.2. The predicted octanol–water partition coefficient (Wildman–Crippen LogP) is 2.39. The molecule has 0 spiro atoms.